The van der Waals surface area contributed by atoms with Crippen LogP contribution in [0.1, 0.15) is 45.7 Å². The lowest BCUT2D eigenvalue weighted by Gasteiger charge is -2.12. The fraction of sp³-hybridized carbons (Fsp3) is 0.450. The topological polar surface area (TPSA) is 63.5 Å². The van der Waals surface area contributed by atoms with Gasteiger partial charge in [0.25, 0.3) is 0 Å². The molecule has 1 fully saturated rings. The third-order valence-electron chi connectivity index (χ3n) is 5.05. The van der Waals surface area contributed by atoms with Gasteiger partial charge < -0.3 is 19.7 Å². The molecular formula is C20H25FN2O3. The number of ether oxygens (including phenoxy) is 1. The molecule has 0 saturated carbocycles. The molecule has 1 saturated heterocycles. The quantitative estimate of drug-likeness (QED) is 0.796. The van der Waals surface area contributed by atoms with Crippen LogP contribution in [0.3, 0.4) is 0 Å². The molecule has 1 aliphatic heterocycles. The first-order valence-electron chi connectivity index (χ1n) is 8.96. The Hall–Kier alpha value is -2.18. The third-order valence-corrected chi connectivity index (χ3v) is 5.05. The van der Waals surface area contributed by atoms with Crippen molar-refractivity contribution in [2.75, 3.05) is 13.2 Å². The van der Waals surface area contributed by atoms with Gasteiger partial charge in [0.05, 0.1) is 11.7 Å². The predicted octanol–water partition coefficient (Wildman–Crippen LogP) is 3.26. The lowest BCUT2D eigenvalue weighted by Crippen LogP contribution is -2.26. The van der Waals surface area contributed by atoms with E-state index >= 15 is 0 Å². The van der Waals surface area contributed by atoms with Gasteiger partial charge in [0.1, 0.15) is 5.82 Å². The number of carbonyl (C=O) groups is 1. The lowest BCUT2D eigenvalue weighted by molar-refractivity contribution is 0.0694. The summed E-state index contributed by atoms with van der Waals surface area (Å²) in [7, 11) is 0. The minimum absolute atomic E-state index is 0.207. The zero-order valence-corrected chi connectivity index (χ0v) is 15.2. The summed E-state index contributed by atoms with van der Waals surface area (Å²) in [4.78, 5) is 11.8. The van der Waals surface area contributed by atoms with Gasteiger partial charge in [-0.2, -0.15) is 0 Å². The van der Waals surface area contributed by atoms with Crippen LogP contribution in [0, 0.1) is 19.7 Å². The maximum Gasteiger partial charge on any atom is 0.337 e. The average Bonchev–Trinajstić information content (AvgIpc) is 3.18. The van der Waals surface area contributed by atoms with E-state index < -0.39 is 5.97 Å². The van der Waals surface area contributed by atoms with E-state index in [0.717, 1.165) is 36.3 Å². The summed E-state index contributed by atoms with van der Waals surface area (Å²) < 4.78 is 21.0. The molecule has 1 aromatic heterocycles. The molecule has 3 rings (SSSR count). The van der Waals surface area contributed by atoms with Gasteiger partial charge in [-0.1, -0.05) is 12.1 Å². The first-order valence-corrected chi connectivity index (χ1v) is 8.96. The van der Waals surface area contributed by atoms with Crippen molar-refractivity contribution in [3.63, 3.8) is 0 Å². The number of hydrogen-bond donors (Lipinski definition) is 2. The lowest BCUT2D eigenvalue weighted by atomic mass is 10.1. The highest BCUT2D eigenvalue weighted by atomic mass is 19.1. The molecule has 1 atom stereocenters. The minimum atomic E-state index is -0.933. The zero-order chi connectivity index (χ0) is 18.7. The second kappa shape index (κ2) is 8.01. The molecule has 26 heavy (non-hydrogen) atoms. The number of carboxylic acids is 1. The monoisotopic (exact) mass is 360 g/mol. The van der Waals surface area contributed by atoms with E-state index in [1.807, 2.05) is 17.6 Å². The van der Waals surface area contributed by atoms with Crippen molar-refractivity contribution >= 4 is 5.97 Å². The number of halogens is 1. The Kier molecular flexibility index (Phi) is 5.74. The Morgan fingerprint density at radius 3 is 2.85 bits per heavy atom. The molecule has 1 unspecified atom stereocenters. The molecule has 1 aromatic carbocycles. The smallest absolute Gasteiger partial charge is 0.337 e. The van der Waals surface area contributed by atoms with Crippen LogP contribution in [0.2, 0.25) is 0 Å². The van der Waals surface area contributed by atoms with Crippen LogP contribution in [-0.4, -0.2) is 34.9 Å². The second-order valence-corrected chi connectivity index (χ2v) is 6.81. The summed E-state index contributed by atoms with van der Waals surface area (Å²) >= 11 is 0. The summed E-state index contributed by atoms with van der Waals surface area (Å²) in [6.45, 7) is 6.16. The number of aromatic nitrogens is 1. The molecule has 0 amide bonds. The van der Waals surface area contributed by atoms with E-state index in [4.69, 9.17) is 4.74 Å². The Labute approximate surface area is 152 Å². The second-order valence-electron chi connectivity index (χ2n) is 6.81. The van der Waals surface area contributed by atoms with E-state index in [1.54, 1.807) is 13.0 Å². The van der Waals surface area contributed by atoms with Crippen LogP contribution in [0.4, 0.5) is 4.39 Å². The summed E-state index contributed by atoms with van der Waals surface area (Å²) in [5.74, 6) is -1.22. The summed E-state index contributed by atoms with van der Waals surface area (Å²) in [5.41, 5.74) is 3.50. The zero-order valence-electron chi connectivity index (χ0n) is 15.2. The summed E-state index contributed by atoms with van der Waals surface area (Å²) in [6.07, 6.45) is 2.32. The maximum absolute atomic E-state index is 13.5. The molecule has 2 aromatic rings. The molecular weight excluding hydrogens is 335 g/mol. The number of nitrogens with zero attached hydrogens (tertiary/aromatic N) is 1. The highest BCUT2D eigenvalue weighted by Gasteiger charge is 2.23. The Balaban J connectivity index is 1.82. The van der Waals surface area contributed by atoms with Gasteiger partial charge in [-0.25, -0.2) is 9.18 Å². The van der Waals surface area contributed by atoms with Crippen LogP contribution >= 0.6 is 0 Å². The van der Waals surface area contributed by atoms with Crippen molar-refractivity contribution < 1.29 is 19.0 Å². The Morgan fingerprint density at radius 2 is 2.19 bits per heavy atom. The van der Waals surface area contributed by atoms with E-state index in [1.165, 1.54) is 12.1 Å². The SMILES string of the molecule is Cc1c(CNCC2CCCO2)c(C(=O)O)c(C)n1Cc1cccc(F)c1. The Morgan fingerprint density at radius 1 is 1.38 bits per heavy atom. The number of hydrogen-bond acceptors (Lipinski definition) is 3. The van der Waals surface area contributed by atoms with Crippen molar-refractivity contribution in [2.45, 2.75) is 45.9 Å². The van der Waals surface area contributed by atoms with E-state index in [2.05, 4.69) is 5.32 Å². The van der Waals surface area contributed by atoms with Gasteiger partial charge in [0, 0.05) is 43.2 Å². The number of aromatic carboxylic acids is 1. The molecule has 5 nitrogen and oxygen atoms in total. The number of carboxylic acid groups (broad SMARTS) is 1. The molecule has 1 aliphatic rings. The number of rotatable bonds is 7. The van der Waals surface area contributed by atoms with Crippen LogP contribution in [0.25, 0.3) is 0 Å². The predicted molar refractivity (Wildman–Crippen MR) is 97.0 cm³/mol. The van der Waals surface area contributed by atoms with Gasteiger partial charge >= 0.3 is 5.97 Å². The van der Waals surface area contributed by atoms with Crippen LogP contribution in [-0.2, 0) is 17.8 Å². The van der Waals surface area contributed by atoms with Gasteiger partial charge in [0.2, 0.25) is 0 Å². The molecule has 2 N–H and O–H groups in total. The van der Waals surface area contributed by atoms with Crippen molar-refractivity contribution in [1.29, 1.82) is 0 Å². The molecule has 0 spiro atoms. The van der Waals surface area contributed by atoms with E-state index in [0.29, 0.717) is 30.9 Å². The maximum atomic E-state index is 13.5. The highest BCUT2D eigenvalue weighted by molar-refractivity contribution is 5.91. The van der Waals surface area contributed by atoms with Crippen molar-refractivity contribution in [3.05, 3.63) is 58.2 Å². The van der Waals surface area contributed by atoms with Crippen molar-refractivity contribution in [2.24, 2.45) is 0 Å². The molecule has 0 aliphatic carbocycles. The highest BCUT2D eigenvalue weighted by Crippen LogP contribution is 2.24. The van der Waals surface area contributed by atoms with Crippen molar-refractivity contribution in [1.82, 2.24) is 9.88 Å². The van der Waals surface area contributed by atoms with Gasteiger partial charge in [-0.15, -0.1) is 0 Å². The van der Waals surface area contributed by atoms with Crippen LogP contribution in [0.5, 0.6) is 0 Å². The Bertz CT molecular complexity index is 795. The van der Waals surface area contributed by atoms with Crippen LogP contribution in [0.15, 0.2) is 24.3 Å². The average molecular weight is 360 g/mol. The molecule has 0 bridgehead atoms. The minimum Gasteiger partial charge on any atom is -0.478 e. The first kappa shape index (κ1) is 18.6. The van der Waals surface area contributed by atoms with Crippen LogP contribution < -0.4 is 5.32 Å². The van der Waals surface area contributed by atoms with Gasteiger partial charge in [-0.05, 0) is 44.4 Å². The summed E-state index contributed by atoms with van der Waals surface area (Å²) in [6, 6.07) is 6.40. The summed E-state index contributed by atoms with van der Waals surface area (Å²) in [5, 5.41) is 13.0. The fourth-order valence-corrected chi connectivity index (χ4v) is 3.67. The standard InChI is InChI=1S/C20H25FN2O3/c1-13-18(11-22-10-17-7-4-8-26-17)19(20(24)25)14(2)23(13)12-15-5-3-6-16(21)9-15/h3,5-6,9,17,22H,4,7-8,10-12H2,1-2H3,(H,24,25). The molecule has 140 valence electrons. The van der Waals surface area contributed by atoms with E-state index in [-0.39, 0.29) is 11.9 Å². The number of benzene rings is 1. The normalized spacial score (nSPS) is 17.0. The van der Waals surface area contributed by atoms with Crippen molar-refractivity contribution in [3.8, 4) is 0 Å². The third kappa shape index (κ3) is 3.97. The fourth-order valence-electron chi connectivity index (χ4n) is 3.67. The number of nitrogens with one attached hydrogen (secondary N) is 1. The van der Waals surface area contributed by atoms with E-state index in [9.17, 15) is 14.3 Å². The molecule has 6 heteroatoms. The van der Waals surface area contributed by atoms with Gasteiger partial charge in [0.15, 0.2) is 0 Å². The van der Waals surface area contributed by atoms with Gasteiger partial charge in [-0.3, -0.25) is 0 Å². The first-order chi connectivity index (χ1) is 12.5. The largest absolute Gasteiger partial charge is 0.478 e. The molecule has 0 radical (unpaired) electrons. The molecule has 2 heterocycles.